The Hall–Kier alpha value is -2.99. The Balaban J connectivity index is 2.01. The maximum atomic E-state index is 11.2. The fourth-order valence-electron chi connectivity index (χ4n) is 2.28. The number of benzene rings is 2. The molecule has 0 bridgehead atoms. The molecule has 0 saturated heterocycles. The van der Waals surface area contributed by atoms with Gasteiger partial charge >= 0.3 is 11.9 Å². The quantitative estimate of drug-likeness (QED) is 0.733. The summed E-state index contributed by atoms with van der Waals surface area (Å²) in [7, 11) is 0. The summed E-state index contributed by atoms with van der Waals surface area (Å²) < 4.78 is 0.991. The van der Waals surface area contributed by atoms with Crippen LogP contribution in [0.1, 0.15) is 27.3 Å². The van der Waals surface area contributed by atoms with E-state index in [0.717, 1.165) is 15.8 Å². The number of hydrogen-bond donors (Lipinski definition) is 2. The van der Waals surface area contributed by atoms with Crippen LogP contribution in [0.3, 0.4) is 0 Å². The van der Waals surface area contributed by atoms with Gasteiger partial charge in [-0.25, -0.2) is 9.78 Å². The third-order valence-corrected chi connectivity index (χ3v) is 4.52. The lowest BCUT2D eigenvalue weighted by molar-refractivity contribution is -0.135. The number of aliphatic carboxylic acids is 1. The minimum atomic E-state index is -0.998. The molecule has 2 N–H and O–H groups in total. The predicted octanol–water partition coefficient (Wildman–Crippen LogP) is 4.01. The highest BCUT2D eigenvalue weighted by Gasteiger charge is 2.12. The van der Waals surface area contributed by atoms with E-state index in [2.05, 4.69) is 4.98 Å². The number of aromatic nitrogens is 1. The van der Waals surface area contributed by atoms with Crippen LogP contribution in [0, 0.1) is 0 Å². The molecule has 0 saturated carbocycles. The van der Waals surface area contributed by atoms with Gasteiger partial charge in [-0.3, -0.25) is 4.79 Å². The van der Waals surface area contributed by atoms with Crippen molar-refractivity contribution in [1.82, 2.24) is 4.98 Å². The Bertz CT molecular complexity index is 908. The first kappa shape index (κ1) is 15.9. The molecule has 24 heavy (non-hydrogen) atoms. The van der Waals surface area contributed by atoms with E-state index in [1.807, 2.05) is 24.3 Å². The fraction of sp³-hybridized carbons (Fsp3) is 0.0556. The van der Waals surface area contributed by atoms with Crippen LogP contribution in [-0.2, 0) is 4.79 Å². The molecule has 1 aromatic heterocycles. The Morgan fingerprint density at radius 2 is 1.75 bits per heavy atom. The first-order valence-corrected chi connectivity index (χ1v) is 7.96. The lowest BCUT2D eigenvalue weighted by Gasteiger charge is -2.02. The molecule has 0 fully saturated rings. The van der Waals surface area contributed by atoms with Gasteiger partial charge in [0, 0.05) is 0 Å². The number of rotatable bonds is 5. The van der Waals surface area contributed by atoms with Gasteiger partial charge < -0.3 is 10.2 Å². The molecule has 5 nitrogen and oxygen atoms in total. The zero-order chi connectivity index (χ0) is 17.1. The first-order valence-electron chi connectivity index (χ1n) is 7.14. The van der Waals surface area contributed by atoms with Crippen molar-refractivity contribution in [1.29, 1.82) is 0 Å². The van der Waals surface area contributed by atoms with Crippen molar-refractivity contribution < 1.29 is 19.8 Å². The van der Waals surface area contributed by atoms with Crippen molar-refractivity contribution in [2.75, 3.05) is 0 Å². The van der Waals surface area contributed by atoms with Crippen molar-refractivity contribution in [2.45, 2.75) is 6.42 Å². The van der Waals surface area contributed by atoms with Crippen molar-refractivity contribution in [3.8, 4) is 0 Å². The molecule has 0 unspecified atom stereocenters. The minimum Gasteiger partial charge on any atom is -0.481 e. The average Bonchev–Trinajstić information content (AvgIpc) is 2.98. The summed E-state index contributed by atoms with van der Waals surface area (Å²) in [5.41, 5.74) is 2.34. The molecule has 3 aromatic rings. The zero-order valence-corrected chi connectivity index (χ0v) is 13.3. The van der Waals surface area contributed by atoms with Crippen LogP contribution in [0.25, 0.3) is 21.9 Å². The number of aromatic carboxylic acids is 1. The Morgan fingerprint density at radius 3 is 2.38 bits per heavy atom. The van der Waals surface area contributed by atoms with Gasteiger partial charge in [0.15, 0.2) is 0 Å². The van der Waals surface area contributed by atoms with Gasteiger partial charge in [0.25, 0.3) is 0 Å². The highest BCUT2D eigenvalue weighted by atomic mass is 32.1. The number of carboxylic acids is 2. The van der Waals surface area contributed by atoms with Crippen molar-refractivity contribution in [3.63, 3.8) is 0 Å². The summed E-state index contributed by atoms with van der Waals surface area (Å²) in [5, 5.41) is 18.8. The van der Waals surface area contributed by atoms with Gasteiger partial charge in [-0.2, -0.15) is 0 Å². The maximum absolute atomic E-state index is 11.2. The van der Waals surface area contributed by atoms with Crippen molar-refractivity contribution >= 4 is 45.1 Å². The Labute approximate surface area is 141 Å². The second-order valence-corrected chi connectivity index (χ2v) is 6.18. The van der Waals surface area contributed by atoms with E-state index in [1.165, 1.54) is 23.5 Å². The van der Waals surface area contributed by atoms with Crippen LogP contribution in [0.2, 0.25) is 0 Å². The van der Waals surface area contributed by atoms with E-state index in [9.17, 15) is 14.7 Å². The number of thiazole rings is 1. The van der Waals surface area contributed by atoms with E-state index in [0.29, 0.717) is 10.6 Å². The van der Waals surface area contributed by atoms with Gasteiger partial charge in [-0.05, 0) is 41.5 Å². The lowest BCUT2D eigenvalue weighted by Crippen LogP contribution is -1.97. The topological polar surface area (TPSA) is 87.5 Å². The SMILES string of the molecule is O=C(O)C/C(=C/c1ccc(C(=O)O)cc1)c1nc2ccccc2s1. The van der Waals surface area contributed by atoms with Gasteiger partial charge in [-0.1, -0.05) is 24.3 Å². The Morgan fingerprint density at radius 1 is 1.04 bits per heavy atom. The number of para-hydroxylation sites is 1. The maximum Gasteiger partial charge on any atom is 0.335 e. The summed E-state index contributed by atoms with van der Waals surface area (Å²) in [6.07, 6.45) is 1.58. The standard InChI is InChI=1S/C18H13NO4S/c20-16(21)10-13(9-11-5-7-12(8-6-11)18(22)23)17-19-14-3-1-2-4-15(14)24-17/h1-9H,10H2,(H,20,21)(H,22,23)/b13-9-. The van der Waals surface area contributed by atoms with Crippen LogP contribution >= 0.6 is 11.3 Å². The summed E-state index contributed by atoms with van der Waals surface area (Å²) in [6, 6.07) is 13.9. The van der Waals surface area contributed by atoms with E-state index in [1.54, 1.807) is 18.2 Å². The van der Waals surface area contributed by atoms with Gasteiger partial charge in [0.05, 0.1) is 22.2 Å². The highest BCUT2D eigenvalue weighted by Crippen LogP contribution is 2.30. The molecule has 0 atom stereocenters. The number of nitrogens with zero attached hydrogens (tertiary/aromatic N) is 1. The predicted molar refractivity (Wildman–Crippen MR) is 93.1 cm³/mol. The number of hydrogen-bond acceptors (Lipinski definition) is 4. The molecule has 6 heteroatoms. The fourth-order valence-corrected chi connectivity index (χ4v) is 3.26. The van der Waals surface area contributed by atoms with E-state index >= 15 is 0 Å². The largest absolute Gasteiger partial charge is 0.481 e. The van der Waals surface area contributed by atoms with Crippen molar-refractivity contribution in [3.05, 3.63) is 64.7 Å². The van der Waals surface area contributed by atoms with Crippen LogP contribution in [-0.4, -0.2) is 27.1 Å². The molecule has 2 aromatic carbocycles. The van der Waals surface area contributed by atoms with Crippen LogP contribution in [0.15, 0.2) is 48.5 Å². The molecule has 0 aliphatic heterocycles. The molecule has 0 amide bonds. The second-order valence-electron chi connectivity index (χ2n) is 5.15. The molecule has 120 valence electrons. The minimum absolute atomic E-state index is 0.152. The van der Waals surface area contributed by atoms with Crippen molar-refractivity contribution in [2.24, 2.45) is 0 Å². The molecule has 0 spiro atoms. The molecule has 3 rings (SSSR count). The second kappa shape index (κ2) is 6.64. The first-order chi connectivity index (χ1) is 11.5. The molecule has 0 aliphatic carbocycles. The number of carboxylic acid groups (broad SMARTS) is 2. The normalized spacial score (nSPS) is 11.6. The van der Waals surface area contributed by atoms with E-state index in [4.69, 9.17) is 5.11 Å². The molecule has 0 radical (unpaired) electrons. The Kier molecular flexibility index (Phi) is 4.39. The monoisotopic (exact) mass is 339 g/mol. The van der Waals surface area contributed by atoms with Gasteiger partial charge in [-0.15, -0.1) is 11.3 Å². The number of carbonyl (C=O) groups is 2. The van der Waals surface area contributed by atoms with Crippen LogP contribution < -0.4 is 0 Å². The highest BCUT2D eigenvalue weighted by molar-refractivity contribution is 7.19. The third kappa shape index (κ3) is 3.49. The molecule has 1 heterocycles. The van der Waals surface area contributed by atoms with E-state index in [-0.39, 0.29) is 12.0 Å². The van der Waals surface area contributed by atoms with Gasteiger partial charge in [0.1, 0.15) is 5.01 Å². The lowest BCUT2D eigenvalue weighted by atomic mass is 10.1. The molecule has 0 aliphatic rings. The summed E-state index contributed by atoms with van der Waals surface area (Å²) >= 11 is 1.44. The van der Waals surface area contributed by atoms with E-state index < -0.39 is 11.9 Å². The summed E-state index contributed by atoms with van der Waals surface area (Å²) in [5.74, 6) is -1.94. The average molecular weight is 339 g/mol. The zero-order valence-electron chi connectivity index (χ0n) is 12.5. The number of fused-ring (bicyclic) bond motifs is 1. The summed E-state index contributed by atoms with van der Waals surface area (Å²) in [6.45, 7) is 0. The third-order valence-electron chi connectivity index (χ3n) is 3.41. The van der Waals surface area contributed by atoms with Crippen LogP contribution in [0.5, 0.6) is 0 Å². The van der Waals surface area contributed by atoms with Gasteiger partial charge in [0.2, 0.25) is 0 Å². The molecular formula is C18H13NO4S. The summed E-state index contributed by atoms with van der Waals surface area (Å²) in [4.78, 5) is 26.6. The smallest absolute Gasteiger partial charge is 0.335 e. The molecular weight excluding hydrogens is 326 g/mol. The van der Waals surface area contributed by atoms with Crippen LogP contribution in [0.4, 0.5) is 0 Å².